The van der Waals surface area contributed by atoms with Gasteiger partial charge in [-0.2, -0.15) is 5.10 Å². The topological polar surface area (TPSA) is 59.4 Å². The lowest BCUT2D eigenvalue weighted by atomic mass is 10.0. The number of ether oxygens (including phenoxy) is 1. The lowest BCUT2D eigenvalue weighted by molar-refractivity contribution is -0.122. The molecule has 2 heterocycles. The predicted octanol–water partition coefficient (Wildman–Crippen LogP) is 3.90. The van der Waals surface area contributed by atoms with E-state index in [9.17, 15) is 4.79 Å². The number of nitrogens with one attached hydrogen (secondary N) is 1. The molecule has 0 saturated heterocycles. The zero-order valence-corrected chi connectivity index (χ0v) is 19.0. The van der Waals surface area contributed by atoms with Crippen LogP contribution >= 0.6 is 0 Å². The van der Waals surface area contributed by atoms with E-state index < -0.39 is 0 Å². The van der Waals surface area contributed by atoms with Gasteiger partial charge >= 0.3 is 0 Å². The predicted molar refractivity (Wildman–Crippen MR) is 127 cm³/mol. The molecule has 4 rings (SSSR count). The van der Waals surface area contributed by atoms with E-state index in [1.165, 1.54) is 16.7 Å². The highest BCUT2D eigenvalue weighted by Gasteiger charge is 2.17. The molecule has 0 fully saturated rings. The Morgan fingerprint density at radius 1 is 1.16 bits per heavy atom. The number of methoxy groups -OCH3 is 1. The van der Waals surface area contributed by atoms with Crippen molar-refractivity contribution in [1.82, 2.24) is 20.0 Å². The molecular formula is C26H30N4O2. The molecule has 0 spiro atoms. The Labute approximate surface area is 189 Å². The molecule has 0 saturated carbocycles. The van der Waals surface area contributed by atoms with Crippen molar-refractivity contribution >= 4 is 11.5 Å². The van der Waals surface area contributed by atoms with Crippen LogP contribution in [0.25, 0.3) is 11.3 Å². The highest BCUT2D eigenvalue weighted by atomic mass is 16.5. The monoisotopic (exact) mass is 430 g/mol. The van der Waals surface area contributed by atoms with Crippen molar-refractivity contribution in [2.75, 3.05) is 26.7 Å². The fourth-order valence-electron chi connectivity index (χ4n) is 3.92. The SMILES string of the molecule is COc1ccccc1CNC(=O)CN1CC=C(c2cnn(-c3ccc(C)c(C)c3)c2)CC1. The van der Waals surface area contributed by atoms with Gasteiger partial charge < -0.3 is 10.1 Å². The third kappa shape index (κ3) is 5.08. The number of carbonyl (C=O) groups is 1. The molecule has 1 aliphatic rings. The maximum atomic E-state index is 12.4. The van der Waals surface area contributed by atoms with Crippen molar-refractivity contribution in [2.45, 2.75) is 26.8 Å². The van der Waals surface area contributed by atoms with Gasteiger partial charge in [-0.25, -0.2) is 4.68 Å². The van der Waals surface area contributed by atoms with Gasteiger partial charge in [-0.05, 0) is 55.2 Å². The number of rotatable bonds is 7. The van der Waals surface area contributed by atoms with E-state index in [-0.39, 0.29) is 5.91 Å². The van der Waals surface area contributed by atoms with Crippen molar-refractivity contribution in [2.24, 2.45) is 0 Å². The molecule has 0 aliphatic carbocycles. The summed E-state index contributed by atoms with van der Waals surface area (Å²) in [5.74, 6) is 0.815. The van der Waals surface area contributed by atoms with Crippen LogP contribution in [0, 0.1) is 13.8 Å². The van der Waals surface area contributed by atoms with E-state index in [0.29, 0.717) is 13.1 Å². The summed E-state index contributed by atoms with van der Waals surface area (Å²) in [4.78, 5) is 14.6. The molecule has 166 valence electrons. The first-order chi connectivity index (χ1) is 15.5. The molecule has 3 aromatic rings. The Morgan fingerprint density at radius 2 is 2.00 bits per heavy atom. The summed E-state index contributed by atoms with van der Waals surface area (Å²) < 4.78 is 7.28. The Kier molecular flexibility index (Phi) is 6.71. The molecule has 1 amide bonds. The molecule has 32 heavy (non-hydrogen) atoms. The second-order valence-corrected chi connectivity index (χ2v) is 8.25. The van der Waals surface area contributed by atoms with E-state index in [0.717, 1.165) is 42.1 Å². The Bertz CT molecular complexity index is 1130. The van der Waals surface area contributed by atoms with Crippen molar-refractivity contribution in [1.29, 1.82) is 0 Å². The first-order valence-electron chi connectivity index (χ1n) is 11.0. The minimum Gasteiger partial charge on any atom is -0.496 e. The summed E-state index contributed by atoms with van der Waals surface area (Å²) in [6, 6.07) is 14.1. The van der Waals surface area contributed by atoms with Crippen LogP contribution in [-0.2, 0) is 11.3 Å². The number of hydrogen-bond acceptors (Lipinski definition) is 4. The summed E-state index contributed by atoms with van der Waals surface area (Å²) in [6.45, 7) is 6.70. The van der Waals surface area contributed by atoms with Crippen LogP contribution in [0.15, 0.2) is 60.9 Å². The van der Waals surface area contributed by atoms with Gasteiger partial charge in [0.2, 0.25) is 5.91 Å². The van der Waals surface area contributed by atoms with Crippen molar-refractivity contribution in [3.8, 4) is 11.4 Å². The number of nitrogens with zero attached hydrogens (tertiary/aromatic N) is 3. The van der Waals surface area contributed by atoms with Gasteiger partial charge in [-0.15, -0.1) is 0 Å². The third-order valence-corrected chi connectivity index (χ3v) is 6.04. The van der Waals surface area contributed by atoms with Crippen LogP contribution in [0.2, 0.25) is 0 Å². The number of amides is 1. The summed E-state index contributed by atoms with van der Waals surface area (Å²) >= 11 is 0. The van der Waals surface area contributed by atoms with E-state index in [2.05, 4.69) is 59.6 Å². The number of aryl methyl sites for hydroxylation is 2. The van der Waals surface area contributed by atoms with E-state index in [1.807, 2.05) is 35.1 Å². The largest absolute Gasteiger partial charge is 0.496 e. The molecule has 2 aromatic carbocycles. The Hall–Kier alpha value is -3.38. The maximum absolute atomic E-state index is 12.4. The first kappa shape index (κ1) is 21.8. The molecule has 1 N–H and O–H groups in total. The number of aromatic nitrogens is 2. The molecule has 6 heteroatoms. The van der Waals surface area contributed by atoms with Crippen LogP contribution in [-0.4, -0.2) is 47.3 Å². The number of hydrogen-bond donors (Lipinski definition) is 1. The standard InChI is InChI=1S/C26H30N4O2/c1-19-8-9-24(14-20(19)2)30-17-23(16-28-30)21-10-12-29(13-11-21)18-26(31)27-15-22-6-4-5-7-25(22)32-3/h4-10,14,16-17H,11-13,15,18H2,1-3H3,(H,27,31). The van der Waals surface area contributed by atoms with Crippen LogP contribution in [0.5, 0.6) is 5.75 Å². The van der Waals surface area contributed by atoms with Crippen LogP contribution in [0.1, 0.15) is 28.7 Å². The second kappa shape index (κ2) is 9.83. The van der Waals surface area contributed by atoms with Gasteiger partial charge in [0.05, 0.1) is 25.5 Å². The summed E-state index contributed by atoms with van der Waals surface area (Å²) in [5.41, 5.74) is 7.02. The highest BCUT2D eigenvalue weighted by Crippen LogP contribution is 2.23. The summed E-state index contributed by atoms with van der Waals surface area (Å²) in [7, 11) is 1.64. The average Bonchev–Trinajstić information content (AvgIpc) is 3.30. The lowest BCUT2D eigenvalue weighted by Crippen LogP contribution is -2.39. The highest BCUT2D eigenvalue weighted by molar-refractivity contribution is 5.78. The van der Waals surface area contributed by atoms with Crippen molar-refractivity contribution < 1.29 is 9.53 Å². The minimum absolute atomic E-state index is 0.0234. The zero-order chi connectivity index (χ0) is 22.5. The smallest absolute Gasteiger partial charge is 0.234 e. The van der Waals surface area contributed by atoms with Crippen LogP contribution < -0.4 is 10.1 Å². The molecule has 0 bridgehead atoms. The number of carbonyl (C=O) groups excluding carboxylic acids is 1. The molecule has 0 radical (unpaired) electrons. The Morgan fingerprint density at radius 3 is 2.75 bits per heavy atom. The van der Waals surface area contributed by atoms with Crippen molar-refractivity contribution in [3.63, 3.8) is 0 Å². The second-order valence-electron chi connectivity index (χ2n) is 8.25. The maximum Gasteiger partial charge on any atom is 0.234 e. The minimum atomic E-state index is 0.0234. The zero-order valence-electron chi connectivity index (χ0n) is 19.0. The quantitative estimate of drug-likeness (QED) is 0.618. The third-order valence-electron chi connectivity index (χ3n) is 6.04. The van der Waals surface area contributed by atoms with Crippen LogP contribution in [0.3, 0.4) is 0 Å². The average molecular weight is 431 g/mol. The lowest BCUT2D eigenvalue weighted by Gasteiger charge is -2.25. The van der Waals surface area contributed by atoms with Gasteiger partial charge in [-0.3, -0.25) is 9.69 Å². The van der Waals surface area contributed by atoms with Crippen molar-refractivity contribution in [3.05, 3.63) is 83.2 Å². The van der Waals surface area contributed by atoms with E-state index >= 15 is 0 Å². The number of benzene rings is 2. The molecule has 0 unspecified atom stereocenters. The van der Waals surface area contributed by atoms with Gasteiger partial charge in [0.15, 0.2) is 0 Å². The van der Waals surface area contributed by atoms with E-state index in [4.69, 9.17) is 4.74 Å². The van der Waals surface area contributed by atoms with E-state index in [1.54, 1.807) is 7.11 Å². The summed E-state index contributed by atoms with van der Waals surface area (Å²) in [6.07, 6.45) is 7.12. The molecule has 6 nitrogen and oxygen atoms in total. The summed E-state index contributed by atoms with van der Waals surface area (Å²) in [5, 5.41) is 7.55. The Balaban J connectivity index is 1.31. The fourth-order valence-corrected chi connectivity index (χ4v) is 3.92. The van der Waals surface area contributed by atoms with Gasteiger partial charge in [0.25, 0.3) is 0 Å². The first-order valence-corrected chi connectivity index (χ1v) is 11.0. The number of para-hydroxylation sites is 1. The molecular weight excluding hydrogens is 400 g/mol. The van der Waals surface area contributed by atoms with Gasteiger partial charge in [0.1, 0.15) is 5.75 Å². The van der Waals surface area contributed by atoms with Gasteiger partial charge in [0, 0.05) is 37.0 Å². The van der Waals surface area contributed by atoms with Crippen LogP contribution in [0.4, 0.5) is 0 Å². The van der Waals surface area contributed by atoms with Gasteiger partial charge in [-0.1, -0.05) is 30.3 Å². The molecule has 1 aromatic heterocycles. The molecule has 0 atom stereocenters. The normalized spacial score (nSPS) is 14.2. The fraction of sp³-hybridized carbons (Fsp3) is 0.308. The molecule has 1 aliphatic heterocycles.